The van der Waals surface area contributed by atoms with Gasteiger partial charge in [0.2, 0.25) is 0 Å². The normalized spacial score (nSPS) is 39.1. The van der Waals surface area contributed by atoms with Crippen LogP contribution in [0.15, 0.2) is 24.3 Å². The van der Waals surface area contributed by atoms with Crippen molar-refractivity contribution < 1.29 is 55.1 Å². The van der Waals surface area contributed by atoms with Crippen molar-refractivity contribution in [1.29, 1.82) is 0 Å². The molecule has 0 spiro atoms. The van der Waals surface area contributed by atoms with Gasteiger partial charge in [-0.3, -0.25) is 0 Å². The zero-order valence-electron chi connectivity index (χ0n) is 16.4. The van der Waals surface area contributed by atoms with Gasteiger partial charge in [0, 0.05) is 13.5 Å². The van der Waals surface area contributed by atoms with Crippen molar-refractivity contribution in [2.75, 3.05) is 20.3 Å². The Morgan fingerprint density at radius 2 is 1.63 bits per heavy atom. The van der Waals surface area contributed by atoms with Crippen LogP contribution in [0.1, 0.15) is 18.1 Å². The molecule has 172 valence electrons. The van der Waals surface area contributed by atoms with E-state index in [1.807, 2.05) is 0 Å². The first-order valence-corrected chi connectivity index (χ1v) is 9.49. The van der Waals surface area contributed by atoms with E-state index in [0.717, 1.165) is 7.11 Å². The van der Waals surface area contributed by atoms with Crippen molar-refractivity contribution in [1.82, 2.24) is 0 Å². The summed E-state index contributed by atoms with van der Waals surface area (Å²) >= 11 is 0. The Morgan fingerprint density at radius 1 is 0.933 bits per heavy atom. The van der Waals surface area contributed by atoms with Crippen LogP contribution in [-0.4, -0.2) is 110 Å². The molecule has 9 atom stereocenters. The van der Waals surface area contributed by atoms with Crippen LogP contribution in [0, 0.1) is 0 Å². The van der Waals surface area contributed by atoms with Gasteiger partial charge >= 0.3 is 0 Å². The van der Waals surface area contributed by atoms with E-state index in [1.165, 1.54) is 12.1 Å². The molecule has 0 amide bonds. The molecule has 8 N–H and O–H groups in total. The molecule has 2 heterocycles. The van der Waals surface area contributed by atoms with Gasteiger partial charge in [-0.15, -0.1) is 0 Å². The summed E-state index contributed by atoms with van der Waals surface area (Å²) in [6.45, 7) is -0.955. The highest BCUT2D eigenvalue weighted by Crippen LogP contribution is 2.36. The first kappa shape index (κ1) is 24.9. The molecule has 6 unspecified atom stereocenters. The SMILES string of the molecule is CO.OCC1CC(O[C@H]2OC(CO)[C@@H](O)C(O)C2O)C(O)[C@@H](c2cccc(O)c2)O1. The minimum atomic E-state index is -1.61. The minimum absolute atomic E-state index is 0.0224. The summed E-state index contributed by atoms with van der Waals surface area (Å²) in [6.07, 6.45) is -11.0. The zero-order valence-corrected chi connectivity index (χ0v) is 16.4. The number of rotatable bonds is 5. The first-order chi connectivity index (χ1) is 14.3. The van der Waals surface area contributed by atoms with Crippen molar-refractivity contribution in [2.24, 2.45) is 0 Å². The largest absolute Gasteiger partial charge is 0.508 e. The lowest BCUT2D eigenvalue weighted by atomic mass is 9.92. The number of phenols is 1. The number of benzene rings is 1. The van der Waals surface area contributed by atoms with Gasteiger partial charge in [-0.25, -0.2) is 0 Å². The van der Waals surface area contributed by atoms with Crippen LogP contribution in [0.5, 0.6) is 5.75 Å². The molecule has 2 fully saturated rings. The van der Waals surface area contributed by atoms with Gasteiger partial charge in [-0.2, -0.15) is 0 Å². The number of aliphatic hydroxyl groups excluding tert-OH is 7. The third-order valence-electron chi connectivity index (χ3n) is 5.09. The second-order valence-electron chi connectivity index (χ2n) is 7.05. The summed E-state index contributed by atoms with van der Waals surface area (Å²) in [4.78, 5) is 0. The van der Waals surface area contributed by atoms with Crippen molar-refractivity contribution in [3.63, 3.8) is 0 Å². The Bertz CT molecular complexity index is 643. The Morgan fingerprint density at radius 3 is 2.23 bits per heavy atom. The highest BCUT2D eigenvalue weighted by atomic mass is 16.7. The molecule has 0 saturated carbocycles. The molecule has 0 aromatic heterocycles. The smallest absolute Gasteiger partial charge is 0.187 e. The second kappa shape index (κ2) is 11.3. The van der Waals surface area contributed by atoms with E-state index in [1.54, 1.807) is 12.1 Å². The van der Waals surface area contributed by atoms with Crippen molar-refractivity contribution in [3.8, 4) is 5.75 Å². The van der Waals surface area contributed by atoms with Crippen LogP contribution in [0.4, 0.5) is 0 Å². The summed E-state index contributed by atoms with van der Waals surface area (Å²) in [7, 11) is 1.00. The predicted molar refractivity (Wildman–Crippen MR) is 100 cm³/mol. The predicted octanol–water partition coefficient (Wildman–Crippen LogP) is -2.63. The molecule has 2 saturated heterocycles. The molecule has 2 aliphatic rings. The first-order valence-electron chi connectivity index (χ1n) is 9.49. The molecule has 0 aliphatic carbocycles. The van der Waals surface area contributed by atoms with Gasteiger partial charge in [0.05, 0.1) is 25.4 Å². The fourth-order valence-electron chi connectivity index (χ4n) is 3.52. The van der Waals surface area contributed by atoms with Crippen LogP contribution in [-0.2, 0) is 14.2 Å². The maximum Gasteiger partial charge on any atom is 0.187 e. The third-order valence-corrected chi connectivity index (χ3v) is 5.09. The molecule has 1 aromatic rings. The maximum absolute atomic E-state index is 10.7. The highest BCUT2D eigenvalue weighted by molar-refractivity contribution is 5.29. The lowest BCUT2D eigenvalue weighted by Crippen LogP contribution is -2.60. The third kappa shape index (κ3) is 5.45. The van der Waals surface area contributed by atoms with Gasteiger partial charge in [-0.05, 0) is 17.7 Å². The summed E-state index contributed by atoms with van der Waals surface area (Å²) in [5, 5.41) is 76.1. The molecule has 11 heteroatoms. The Labute approximate surface area is 173 Å². The van der Waals surface area contributed by atoms with E-state index < -0.39 is 61.7 Å². The molecule has 0 bridgehead atoms. The van der Waals surface area contributed by atoms with Crippen molar-refractivity contribution >= 4 is 0 Å². The molecule has 1 aromatic carbocycles. The summed E-state index contributed by atoms with van der Waals surface area (Å²) in [5.41, 5.74) is 0.466. The molecule has 0 radical (unpaired) electrons. The topological polar surface area (TPSA) is 190 Å². The molecule has 3 rings (SSSR count). The lowest BCUT2D eigenvalue weighted by Gasteiger charge is -2.44. The standard InChI is InChI=1S/C18H26O10.CH4O/c19-6-10-5-11(14(23)17(26-10)8-2-1-3-9(21)4-8)27-18-16(25)15(24)13(22)12(7-20)28-18;1-2/h1-4,10-25H,5-7H2;2H,1H3/t10?,11?,12?,13-,14?,15?,16?,17-,18+;/m1./s1. The van der Waals surface area contributed by atoms with Crippen LogP contribution >= 0.6 is 0 Å². The fourth-order valence-corrected chi connectivity index (χ4v) is 3.52. The van der Waals surface area contributed by atoms with E-state index in [4.69, 9.17) is 19.3 Å². The second-order valence-corrected chi connectivity index (χ2v) is 7.05. The molecule has 11 nitrogen and oxygen atoms in total. The van der Waals surface area contributed by atoms with E-state index in [0.29, 0.717) is 5.56 Å². The van der Waals surface area contributed by atoms with Crippen LogP contribution < -0.4 is 0 Å². The van der Waals surface area contributed by atoms with E-state index in [-0.39, 0.29) is 18.8 Å². The monoisotopic (exact) mass is 434 g/mol. The number of aromatic hydroxyl groups is 1. The Hall–Kier alpha value is -1.38. The quantitative estimate of drug-likeness (QED) is 0.242. The van der Waals surface area contributed by atoms with E-state index in [9.17, 15) is 35.7 Å². The summed E-state index contributed by atoms with van der Waals surface area (Å²) in [6, 6.07) is 6.10. The summed E-state index contributed by atoms with van der Waals surface area (Å²) < 4.78 is 16.7. The van der Waals surface area contributed by atoms with Crippen LogP contribution in [0.25, 0.3) is 0 Å². The lowest BCUT2D eigenvalue weighted by molar-refractivity contribution is -0.329. The van der Waals surface area contributed by atoms with E-state index in [2.05, 4.69) is 0 Å². The van der Waals surface area contributed by atoms with Gasteiger partial charge in [0.1, 0.15) is 42.4 Å². The minimum Gasteiger partial charge on any atom is -0.508 e. The van der Waals surface area contributed by atoms with Gasteiger partial charge in [-0.1, -0.05) is 12.1 Å². The van der Waals surface area contributed by atoms with Gasteiger partial charge in [0.15, 0.2) is 6.29 Å². The van der Waals surface area contributed by atoms with Gasteiger partial charge in [0.25, 0.3) is 0 Å². The molecular weight excluding hydrogens is 404 g/mol. The number of aliphatic hydroxyl groups is 7. The zero-order chi connectivity index (χ0) is 22.4. The molecule has 30 heavy (non-hydrogen) atoms. The fraction of sp³-hybridized carbons (Fsp3) is 0.684. The number of hydrogen-bond donors (Lipinski definition) is 8. The van der Waals surface area contributed by atoms with Crippen molar-refractivity contribution in [2.45, 2.75) is 61.5 Å². The Balaban J connectivity index is 0.00000155. The van der Waals surface area contributed by atoms with E-state index >= 15 is 0 Å². The van der Waals surface area contributed by atoms with Crippen LogP contribution in [0.2, 0.25) is 0 Å². The number of ether oxygens (including phenoxy) is 3. The Kier molecular flexibility index (Phi) is 9.37. The van der Waals surface area contributed by atoms with Crippen molar-refractivity contribution in [3.05, 3.63) is 29.8 Å². The van der Waals surface area contributed by atoms with Gasteiger partial charge < -0.3 is 55.1 Å². The highest BCUT2D eigenvalue weighted by Gasteiger charge is 2.47. The average Bonchev–Trinajstić information content (AvgIpc) is 2.76. The summed E-state index contributed by atoms with van der Waals surface area (Å²) in [5.74, 6) is -0.0224. The molecular formula is C19H30O11. The molecule has 2 aliphatic heterocycles. The average molecular weight is 434 g/mol. The van der Waals surface area contributed by atoms with Crippen LogP contribution in [0.3, 0.4) is 0 Å². The maximum atomic E-state index is 10.7. The number of phenolic OH excluding ortho intramolecular Hbond substituents is 1. The number of hydrogen-bond acceptors (Lipinski definition) is 11.